The molecule has 2 rings (SSSR count). The van der Waals surface area contributed by atoms with Crippen LogP contribution in [-0.4, -0.2) is 31.6 Å². The fourth-order valence-electron chi connectivity index (χ4n) is 2.33. The fourth-order valence-corrected chi connectivity index (χ4v) is 2.33. The third-order valence-corrected chi connectivity index (χ3v) is 3.83. The van der Waals surface area contributed by atoms with Gasteiger partial charge < -0.3 is 14.4 Å². The van der Waals surface area contributed by atoms with Gasteiger partial charge in [0.25, 0.3) is 0 Å². The van der Waals surface area contributed by atoms with Gasteiger partial charge >= 0.3 is 0 Å². The van der Waals surface area contributed by atoms with Gasteiger partial charge in [0.05, 0.1) is 13.7 Å². The molecule has 4 heteroatoms. The van der Waals surface area contributed by atoms with Gasteiger partial charge in [0.2, 0.25) is 5.91 Å². The highest BCUT2D eigenvalue weighted by atomic mass is 16.5. The number of benzene rings is 2. The van der Waals surface area contributed by atoms with E-state index in [1.165, 1.54) is 5.56 Å². The number of methoxy groups -OCH3 is 1. The summed E-state index contributed by atoms with van der Waals surface area (Å²) in [4.78, 5) is 13.9. The highest BCUT2D eigenvalue weighted by Crippen LogP contribution is 2.14. The molecule has 0 unspecified atom stereocenters. The molecular weight excluding hydrogens is 302 g/mol. The lowest BCUT2D eigenvalue weighted by atomic mass is 10.2. The molecule has 0 fully saturated rings. The van der Waals surface area contributed by atoms with E-state index >= 15 is 0 Å². The lowest BCUT2D eigenvalue weighted by Crippen LogP contribution is -2.26. The highest BCUT2D eigenvalue weighted by Gasteiger charge is 2.09. The molecule has 1 amide bonds. The summed E-state index contributed by atoms with van der Waals surface area (Å²) in [6, 6.07) is 15.7. The topological polar surface area (TPSA) is 38.8 Å². The quantitative estimate of drug-likeness (QED) is 0.692. The number of rotatable bonds is 8. The molecule has 0 bridgehead atoms. The first-order valence-corrected chi connectivity index (χ1v) is 8.15. The van der Waals surface area contributed by atoms with E-state index in [4.69, 9.17) is 9.47 Å². The molecule has 0 aliphatic heterocycles. The van der Waals surface area contributed by atoms with E-state index in [-0.39, 0.29) is 5.91 Å². The minimum absolute atomic E-state index is 0.123. The number of hydrogen-bond donors (Lipinski definition) is 0. The normalized spacial score (nSPS) is 10.3. The predicted octanol–water partition coefficient (Wildman–Crippen LogP) is 3.82. The SMILES string of the molecule is COc1ccc(CN(C)C(=O)CCCOc2ccc(C)cc2)cc1. The molecule has 4 nitrogen and oxygen atoms in total. The van der Waals surface area contributed by atoms with Gasteiger partial charge in [-0.1, -0.05) is 29.8 Å². The number of carbonyl (C=O) groups excluding carboxylic acids is 1. The highest BCUT2D eigenvalue weighted by molar-refractivity contribution is 5.75. The number of carbonyl (C=O) groups is 1. The Kier molecular flexibility index (Phi) is 6.67. The van der Waals surface area contributed by atoms with E-state index in [1.54, 1.807) is 12.0 Å². The molecule has 0 radical (unpaired) electrons. The van der Waals surface area contributed by atoms with Gasteiger partial charge in [0.1, 0.15) is 11.5 Å². The minimum atomic E-state index is 0.123. The van der Waals surface area contributed by atoms with E-state index in [0.29, 0.717) is 26.0 Å². The monoisotopic (exact) mass is 327 g/mol. The van der Waals surface area contributed by atoms with Crippen molar-refractivity contribution in [3.05, 3.63) is 59.7 Å². The van der Waals surface area contributed by atoms with Crippen molar-refractivity contribution >= 4 is 5.91 Å². The Morgan fingerprint density at radius 2 is 1.62 bits per heavy atom. The van der Waals surface area contributed by atoms with Crippen LogP contribution in [0.4, 0.5) is 0 Å². The summed E-state index contributed by atoms with van der Waals surface area (Å²) >= 11 is 0. The molecule has 0 aliphatic carbocycles. The number of hydrogen-bond acceptors (Lipinski definition) is 3. The molecule has 0 spiro atoms. The van der Waals surface area contributed by atoms with Crippen molar-refractivity contribution in [1.82, 2.24) is 4.90 Å². The molecule has 0 saturated carbocycles. The van der Waals surface area contributed by atoms with Crippen LogP contribution in [0.25, 0.3) is 0 Å². The fraction of sp³-hybridized carbons (Fsp3) is 0.350. The Morgan fingerprint density at radius 3 is 2.25 bits per heavy atom. The molecule has 128 valence electrons. The van der Waals surface area contributed by atoms with Crippen LogP contribution in [0.2, 0.25) is 0 Å². The third kappa shape index (κ3) is 5.61. The summed E-state index contributed by atoms with van der Waals surface area (Å²) in [6.07, 6.45) is 1.19. The van der Waals surface area contributed by atoms with E-state index < -0.39 is 0 Å². The molecular formula is C20H25NO3. The van der Waals surface area contributed by atoms with Gasteiger partial charge in [-0.25, -0.2) is 0 Å². The average Bonchev–Trinajstić information content (AvgIpc) is 2.60. The van der Waals surface area contributed by atoms with Crippen LogP contribution in [0, 0.1) is 6.92 Å². The molecule has 0 N–H and O–H groups in total. The van der Waals surface area contributed by atoms with Crippen molar-refractivity contribution < 1.29 is 14.3 Å². The first-order valence-electron chi connectivity index (χ1n) is 8.15. The summed E-state index contributed by atoms with van der Waals surface area (Å²) in [7, 11) is 3.47. The van der Waals surface area contributed by atoms with E-state index in [0.717, 1.165) is 17.1 Å². The average molecular weight is 327 g/mol. The molecule has 0 aromatic heterocycles. The molecule has 24 heavy (non-hydrogen) atoms. The molecule has 0 atom stereocenters. The maximum absolute atomic E-state index is 12.2. The third-order valence-electron chi connectivity index (χ3n) is 3.83. The zero-order valence-electron chi connectivity index (χ0n) is 14.6. The maximum atomic E-state index is 12.2. The zero-order valence-corrected chi connectivity index (χ0v) is 14.6. The van der Waals surface area contributed by atoms with Crippen molar-refractivity contribution in [2.24, 2.45) is 0 Å². The maximum Gasteiger partial charge on any atom is 0.222 e. The van der Waals surface area contributed by atoms with Crippen LogP contribution in [0.1, 0.15) is 24.0 Å². The standard InChI is InChI=1S/C20H25NO3/c1-16-6-10-19(11-7-16)24-14-4-5-20(22)21(2)15-17-8-12-18(23-3)13-9-17/h6-13H,4-5,14-15H2,1-3H3. The van der Waals surface area contributed by atoms with E-state index in [1.807, 2.05) is 62.5 Å². The summed E-state index contributed by atoms with van der Waals surface area (Å²) in [5.41, 5.74) is 2.29. The van der Waals surface area contributed by atoms with Crippen LogP contribution >= 0.6 is 0 Å². The van der Waals surface area contributed by atoms with Crippen molar-refractivity contribution in [3.8, 4) is 11.5 Å². The summed E-state index contributed by atoms with van der Waals surface area (Å²) < 4.78 is 10.8. The van der Waals surface area contributed by atoms with Crippen molar-refractivity contribution in [2.45, 2.75) is 26.3 Å². The summed E-state index contributed by atoms with van der Waals surface area (Å²) in [6.45, 7) is 3.19. The van der Waals surface area contributed by atoms with Gasteiger partial charge in [0.15, 0.2) is 0 Å². The zero-order chi connectivity index (χ0) is 17.4. The molecule has 0 heterocycles. The van der Waals surface area contributed by atoms with Crippen LogP contribution in [0.3, 0.4) is 0 Å². The molecule has 2 aromatic rings. The number of ether oxygens (including phenoxy) is 2. The van der Waals surface area contributed by atoms with Gasteiger partial charge in [-0.05, 0) is 43.2 Å². The van der Waals surface area contributed by atoms with Gasteiger partial charge in [-0.3, -0.25) is 4.79 Å². The Bertz CT molecular complexity index is 635. The lowest BCUT2D eigenvalue weighted by Gasteiger charge is -2.17. The molecule has 0 saturated heterocycles. The van der Waals surface area contributed by atoms with Crippen molar-refractivity contribution in [1.29, 1.82) is 0 Å². The minimum Gasteiger partial charge on any atom is -0.497 e. The number of amides is 1. The largest absolute Gasteiger partial charge is 0.497 e. The van der Waals surface area contributed by atoms with Crippen LogP contribution < -0.4 is 9.47 Å². The first-order chi connectivity index (χ1) is 11.6. The molecule has 2 aromatic carbocycles. The van der Waals surface area contributed by atoms with Crippen LogP contribution in [-0.2, 0) is 11.3 Å². The summed E-state index contributed by atoms with van der Waals surface area (Å²) in [5.74, 6) is 1.79. The van der Waals surface area contributed by atoms with E-state index in [9.17, 15) is 4.79 Å². The number of aryl methyl sites for hydroxylation is 1. The van der Waals surface area contributed by atoms with Gasteiger partial charge in [0, 0.05) is 20.0 Å². The molecule has 0 aliphatic rings. The Labute approximate surface area is 144 Å². The Hall–Kier alpha value is -2.49. The van der Waals surface area contributed by atoms with Crippen molar-refractivity contribution in [3.63, 3.8) is 0 Å². The summed E-state index contributed by atoms with van der Waals surface area (Å²) in [5, 5.41) is 0. The lowest BCUT2D eigenvalue weighted by molar-refractivity contribution is -0.130. The predicted molar refractivity (Wildman–Crippen MR) is 95.4 cm³/mol. The smallest absolute Gasteiger partial charge is 0.222 e. The second-order valence-corrected chi connectivity index (χ2v) is 5.86. The number of nitrogens with zero attached hydrogens (tertiary/aromatic N) is 1. The van der Waals surface area contributed by atoms with Gasteiger partial charge in [-0.15, -0.1) is 0 Å². The Balaban J connectivity index is 1.70. The van der Waals surface area contributed by atoms with Crippen molar-refractivity contribution in [2.75, 3.05) is 20.8 Å². The Morgan fingerprint density at radius 1 is 1.00 bits per heavy atom. The van der Waals surface area contributed by atoms with Crippen LogP contribution in [0.5, 0.6) is 11.5 Å². The van der Waals surface area contributed by atoms with Crippen LogP contribution in [0.15, 0.2) is 48.5 Å². The second-order valence-electron chi connectivity index (χ2n) is 5.86. The first kappa shape index (κ1) is 17.9. The van der Waals surface area contributed by atoms with Gasteiger partial charge in [-0.2, -0.15) is 0 Å². The second kappa shape index (κ2) is 8.96. The van der Waals surface area contributed by atoms with E-state index in [2.05, 4.69) is 0 Å².